The predicted molar refractivity (Wildman–Crippen MR) is 112 cm³/mol. The number of hydrogen-bond donors (Lipinski definition) is 1. The van der Waals surface area contributed by atoms with Crippen LogP contribution in [0.4, 0.5) is 10.1 Å². The van der Waals surface area contributed by atoms with Crippen LogP contribution in [0.25, 0.3) is 10.9 Å². The van der Waals surface area contributed by atoms with E-state index in [0.717, 1.165) is 6.07 Å². The highest BCUT2D eigenvalue weighted by molar-refractivity contribution is 5.97. The molecule has 0 aliphatic carbocycles. The quantitative estimate of drug-likeness (QED) is 0.604. The van der Waals surface area contributed by atoms with Gasteiger partial charge in [-0.1, -0.05) is 0 Å². The van der Waals surface area contributed by atoms with Crippen LogP contribution in [0.1, 0.15) is 27.6 Å². The highest BCUT2D eigenvalue weighted by Gasteiger charge is 2.24. The summed E-state index contributed by atoms with van der Waals surface area (Å²) in [7, 11) is 0. The molecule has 0 amide bonds. The Morgan fingerprint density at radius 1 is 1.19 bits per heavy atom. The van der Waals surface area contributed by atoms with Crippen molar-refractivity contribution in [2.24, 2.45) is 0 Å². The van der Waals surface area contributed by atoms with Gasteiger partial charge in [0.2, 0.25) is 5.43 Å². The van der Waals surface area contributed by atoms with E-state index >= 15 is 0 Å². The van der Waals surface area contributed by atoms with Crippen molar-refractivity contribution >= 4 is 28.3 Å². The van der Waals surface area contributed by atoms with Crippen LogP contribution < -0.4 is 10.3 Å². The van der Waals surface area contributed by atoms with E-state index in [-0.39, 0.29) is 23.3 Å². The van der Waals surface area contributed by atoms with E-state index in [9.17, 15) is 23.9 Å². The summed E-state index contributed by atoms with van der Waals surface area (Å²) in [4.78, 5) is 40.0. The van der Waals surface area contributed by atoms with Crippen LogP contribution in [-0.2, 0) is 6.54 Å². The van der Waals surface area contributed by atoms with Crippen LogP contribution in [0.3, 0.4) is 0 Å². The van der Waals surface area contributed by atoms with Crippen molar-refractivity contribution < 1.29 is 23.5 Å². The Bertz CT molecular complexity index is 1190. The van der Waals surface area contributed by atoms with Crippen molar-refractivity contribution in [3.8, 4) is 0 Å². The maximum absolute atomic E-state index is 14.9. The van der Waals surface area contributed by atoms with Crippen LogP contribution in [0, 0.1) is 5.82 Å². The van der Waals surface area contributed by atoms with E-state index in [0.29, 0.717) is 49.5 Å². The van der Waals surface area contributed by atoms with Gasteiger partial charge in [-0.3, -0.25) is 14.5 Å². The van der Waals surface area contributed by atoms with E-state index in [2.05, 4.69) is 0 Å². The zero-order valence-corrected chi connectivity index (χ0v) is 17.0. The van der Waals surface area contributed by atoms with Gasteiger partial charge in [0.15, 0.2) is 5.78 Å². The summed E-state index contributed by atoms with van der Waals surface area (Å²) < 4.78 is 21.5. The molecule has 0 atom stereocenters. The molecular weight excluding hydrogens is 405 g/mol. The average molecular weight is 427 g/mol. The molecule has 1 aliphatic heterocycles. The summed E-state index contributed by atoms with van der Waals surface area (Å²) in [6.45, 7) is 4.73. The fourth-order valence-corrected chi connectivity index (χ4v) is 3.92. The van der Waals surface area contributed by atoms with Crippen molar-refractivity contribution in [1.29, 1.82) is 0 Å². The molecule has 31 heavy (non-hydrogen) atoms. The molecule has 0 spiro atoms. The molecule has 0 unspecified atom stereocenters. The first kappa shape index (κ1) is 20.8. The Kier molecular flexibility index (Phi) is 5.60. The Morgan fingerprint density at radius 3 is 2.55 bits per heavy atom. The van der Waals surface area contributed by atoms with E-state index in [1.54, 1.807) is 16.7 Å². The third kappa shape index (κ3) is 3.96. The first-order valence-corrected chi connectivity index (χ1v) is 10.0. The van der Waals surface area contributed by atoms with Gasteiger partial charge in [0.05, 0.1) is 29.6 Å². The second-order valence-electron chi connectivity index (χ2n) is 7.48. The lowest BCUT2D eigenvalue weighted by Gasteiger charge is -2.36. The Hall–Kier alpha value is -3.46. The summed E-state index contributed by atoms with van der Waals surface area (Å²) in [5.41, 5.74) is 0.309. The van der Waals surface area contributed by atoms with Crippen LogP contribution in [0.15, 0.2) is 46.1 Å². The van der Waals surface area contributed by atoms with Gasteiger partial charge in [-0.25, -0.2) is 9.18 Å². The number of aromatic carboxylic acids is 1. The van der Waals surface area contributed by atoms with Gasteiger partial charge < -0.3 is 19.0 Å². The minimum absolute atomic E-state index is 0.0275. The summed E-state index contributed by atoms with van der Waals surface area (Å²) in [6, 6.07) is 4.36. The molecule has 3 aromatic rings. The van der Waals surface area contributed by atoms with Gasteiger partial charge in [-0.05, 0) is 25.1 Å². The molecule has 1 aromatic carbocycles. The third-order valence-corrected chi connectivity index (χ3v) is 5.64. The molecule has 0 saturated carbocycles. The molecule has 0 radical (unpaired) electrons. The number of furan rings is 1. The van der Waals surface area contributed by atoms with Gasteiger partial charge in [-0.15, -0.1) is 0 Å². The molecular formula is C22H22FN3O5. The summed E-state index contributed by atoms with van der Waals surface area (Å²) in [5.74, 6) is -1.93. The third-order valence-electron chi connectivity index (χ3n) is 5.64. The molecule has 1 fully saturated rings. The Labute approximate surface area is 177 Å². The smallest absolute Gasteiger partial charge is 0.341 e. The van der Waals surface area contributed by atoms with Crippen molar-refractivity contribution in [3.05, 3.63) is 64.1 Å². The number of carboxylic acid groups (broad SMARTS) is 1. The molecule has 9 heteroatoms. The standard InChI is InChI=1S/C22H22FN3O5/c1-2-25-11-16(22(29)30)21(28)15-9-17(23)19(10-18(15)25)26-6-4-24(5-7-26)12-20(27)14-3-8-31-13-14/h3,8-11,13H,2,4-7,12H2,1H3,(H,29,30). The number of carbonyl (C=O) groups excluding carboxylic acids is 1. The van der Waals surface area contributed by atoms with Crippen LogP contribution in [0.2, 0.25) is 0 Å². The molecule has 0 bridgehead atoms. The second kappa shape index (κ2) is 8.35. The number of carboxylic acids is 1. The van der Waals surface area contributed by atoms with Crippen LogP contribution >= 0.6 is 0 Å². The van der Waals surface area contributed by atoms with Crippen molar-refractivity contribution in [2.75, 3.05) is 37.6 Å². The number of nitrogens with zero attached hydrogens (tertiary/aromatic N) is 3. The number of piperazine rings is 1. The van der Waals surface area contributed by atoms with Crippen LogP contribution in [0.5, 0.6) is 0 Å². The van der Waals surface area contributed by atoms with E-state index in [1.165, 1.54) is 18.7 Å². The van der Waals surface area contributed by atoms with Gasteiger partial charge in [0, 0.05) is 44.3 Å². The number of ketones is 1. The van der Waals surface area contributed by atoms with E-state index in [4.69, 9.17) is 4.42 Å². The van der Waals surface area contributed by atoms with Crippen molar-refractivity contribution in [1.82, 2.24) is 9.47 Å². The molecule has 3 heterocycles. The fourth-order valence-electron chi connectivity index (χ4n) is 3.92. The number of carbonyl (C=O) groups is 2. The molecule has 162 valence electrons. The normalized spacial score (nSPS) is 14.8. The summed E-state index contributed by atoms with van der Waals surface area (Å²) >= 11 is 0. The number of pyridine rings is 1. The van der Waals surface area contributed by atoms with Crippen molar-refractivity contribution in [3.63, 3.8) is 0 Å². The van der Waals surface area contributed by atoms with Gasteiger partial charge in [0.25, 0.3) is 0 Å². The number of fused-ring (bicyclic) bond motifs is 1. The highest BCUT2D eigenvalue weighted by Crippen LogP contribution is 2.26. The highest BCUT2D eigenvalue weighted by atomic mass is 19.1. The molecule has 1 saturated heterocycles. The lowest BCUT2D eigenvalue weighted by molar-refractivity contribution is 0.0694. The monoisotopic (exact) mass is 427 g/mol. The first-order chi connectivity index (χ1) is 14.9. The van der Waals surface area contributed by atoms with Gasteiger partial charge in [-0.2, -0.15) is 0 Å². The first-order valence-electron chi connectivity index (χ1n) is 10.0. The zero-order chi connectivity index (χ0) is 22.1. The summed E-state index contributed by atoms with van der Waals surface area (Å²) in [5, 5.41) is 9.32. The number of anilines is 1. The zero-order valence-electron chi connectivity index (χ0n) is 17.0. The number of benzene rings is 1. The summed E-state index contributed by atoms with van der Waals surface area (Å²) in [6.07, 6.45) is 4.18. The lowest BCUT2D eigenvalue weighted by atomic mass is 10.1. The number of halogens is 1. The minimum atomic E-state index is -1.33. The largest absolute Gasteiger partial charge is 0.477 e. The molecule has 8 nitrogen and oxygen atoms in total. The predicted octanol–water partition coefficient (Wildman–Crippen LogP) is 2.46. The maximum Gasteiger partial charge on any atom is 0.341 e. The maximum atomic E-state index is 14.9. The number of aromatic nitrogens is 1. The average Bonchev–Trinajstić information content (AvgIpc) is 3.30. The van der Waals surface area contributed by atoms with Crippen molar-refractivity contribution in [2.45, 2.75) is 13.5 Å². The Balaban J connectivity index is 1.57. The molecule has 1 aliphatic rings. The topological polar surface area (TPSA) is 96.0 Å². The number of Topliss-reactive ketones (excluding diaryl/α,β-unsaturated/α-hetero) is 1. The molecule has 2 aromatic heterocycles. The SMILES string of the molecule is CCn1cc(C(=O)O)c(=O)c2cc(F)c(N3CCN(CC(=O)c4ccoc4)CC3)cc21. The van der Waals surface area contributed by atoms with Gasteiger partial charge >= 0.3 is 5.97 Å². The van der Waals surface area contributed by atoms with Crippen LogP contribution in [-0.4, -0.2) is 59.0 Å². The number of rotatable bonds is 6. The van der Waals surface area contributed by atoms with E-state index < -0.39 is 17.2 Å². The number of hydrogen-bond acceptors (Lipinski definition) is 6. The molecule has 4 rings (SSSR count). The second-order valence-corrected chi connectivity index (χ2v) is 7.48. The van der Waals surface area contributed by atoms with E-state index in [1.807, 2.05) is 16.7 Å². The van der Waals surface area contributed by atoms with Gasteiger partial charge in [0.1, 0.15) is 17.6 Å². The minimum Gasteiger partial charge on any atom is -0.477 e. The Morgan fingerprint density at radius 2 is 1.94 bits per heavy atom. The molecule has 1 N–H and O–H groups in total. The fraction of sp³-hybridized carbons (Fsp3) is 0.318. The lowest BCUT2D eigenvalue weighted by Crippen LogP contribution is -2.48. The number of aryl methyl sites for hydroxylation is 1.